The number of benzene rings is 1. The Morgan fingerprint density at radius 2 is 1.92 bits per heavy atom. The summed E-state index contributed by atoms with van der Waals surface area (Å²) in [4.78, 5) is 17.6. The Morgan fingerprint density at radius 1 is 1.19 bits per heavy atom. The van der Waals surface area contributed by atoms with Crippen molar-refractivity contribution in [3.8, 4) is 11.3 Å². The molecular formula is C19H25ClN4O2. The highest BCUT2D eigenvalue weighted by Crippen LogP contribution is 2.28. The number of carbonyl (C=O) groups excluding carboxylic acids is 1. The van der Waals surface area contributed by atoms with Gasteiger partial charge in [0.2, 0.25) is 0 Å². The van der Waals surface area contributed by atoms with Crippen LogP contribution < -0.4 is 5.32 Å². The fourth-order valence-electron chi connectivity index (χ4n) is 3.85. The number of hydrogen-bond donors (Lipinski definition) is 1. The molecule has 1 atom stereocenters. The third-order valence-electron chi connectivity index (χ3n) is 5.24. The number of aromatic nitrogens is 1. The van der Waals surface area contributed by atoms with Crippen LogP contribution >= 0.6 is 12.4 Å². The maximum atomic E-state index is 13.1. The molecule has 2 saturated heterocycles. The van der Waals surface area contributed by atoms with E-state index >= 15 is 0 Å². The molecule has 2 fully saturated rings. The Labute approximate surface area is 159 Å². The molecule has 1 aromatic heterocycles. The number of nitrogens with zero attached hydrogens (tertiary/aromatic N) is 3. The van der Waals surface area contributed by atoms with E-state index in [1.807, 2.05) is 42.2 Å². The van der Waals surface area contributed by atoms with Crippen LogP contribution in [0.3, 0.4) is 0 Å². The molecule has 1 N–H and O–H groups in total. The van der Waals surface area contributed by atoms with Crippen LogP contribution in [-0.4, -0.2) is 66.2 Å². The molecule has 0 bridgehead atoms. The number of halogens is 1. The Morgan fingerprint density at radius 3 is 2.65 bits per heavy atom. The summed E-state index contributed by atoms with van der Waals surface area (Å²) < 4.78 is 5.36. The summed E-state index contributed by atoms with van der Waals surface area (Å²) in [5.74, 6) is 0.629. The minimum absolute atomic E-state index is 0. The molecule has 1 unspecified atom stereocenters. The van der Waals surface area contributed by atoms with Crippen molar-refractivity contribution in [1.29, 1.82) is 0 Å². The molecule has 2 aromatic rings. The van der Waals surface area contributed by atoms with Gasteiger partial charge in [0, 0.05) is 50.9 Å². The fourth-order valence-corrected chi connectivity index (χ4v) is 3.85. The highest BCUT2D eigenvalue weighted by atomic mass is 35.5. The number of piperazine rings is 1. The van der Waals surface area contributed by atoms with Crippen LogP contribution in [0, 0.1) is 6.92 Å². The molecule has 0 saturated carbocycles. The van der Waals surface area contributed by atoms with Crippen LogP contribution in [0.25, 0.3) is 11.3 Å². The average molecular weight is 377 g/mol. The van der Waals surface area contributed by atoms with Crippen molar-refractivity contribution in [1.82, 2.24) is 20.3 Å². The van der Waals surface area contributed by atoms with Gasteiger partial charge in [0.05, 0.1) is 0 Å². The van der Waals surface area contributed by atoms with Crippen LogP contribution in [0.2, 0.25) is 0 Å². The van der Waals surface area contributed by atoms with Crippen molar-refractivity contribution in [2.75, 3.05) is 39.3 Å². The Balaban J connectivity index is 0.00000196. The van der Waals surface area contributed by atoms with Gasteiger partial charge in [-0.2, -0.15) is 0 Å². The first-order valence-corrected chi connectivity index (χ1v) is 9.00. The van der Waals surface area contributed by atoms with E-state index in [-0.39, 0.29) is 18.3 Å². The summed E-state index contributed by atoms with van der Waals surface area (Å²) in [7, 11) is 0. The van der Waals surface area contributed by atoms with Gasteiger partial charge in [-0.3, -0.25) is 9.69 Å². The Bertz CT molecular complexity index is 743. The van der Waals surface area contributed by atoms with E-state index in [9.17, 15) is 4.79 Å². The summed E-state index contributed by atoms with van der Waals surface area (Å²) in [6, 6.07) is 10.2. The third-order valence-corrected chi connectivity index (χ3v) is 5.24. The van der Waals surface area contributed by atoms with Gasteiger partial charge < -0.3 is 14.7 Å². The monoisotopic (exact) mass is 376 g/mol. The van der Waals surface area contributed by atoms with Gasteiger partial charge >= 0.3 is 0 Å². The van der Waals surface area contributed by atoms with Gasteiger partial charge in [-0.1, -0.05) is 35.5 Å². The molecule has 1 aromatic carbocycles. The van der Waals surface area contributed by atoms with Crippen molar-refractivity contribution in [2.45, 2.75) is 19.4 Å². The molecule has 26 heavy (non-hydrogen) atoms. The predicted octanol–water partition coefficient (Wildman–Crippen LogP) is 2.19. The van der Waals surface area contributed by atoms with E-state index in [4.69, 9.17) is 4.52 Å². The zero-order valence-electron chi connectivity index (χ0n) is 15.0. The highest BCUT2D eigenvalue weighted by Gasteiger charge is 2.34. The van der Waals surface area contributed by atoms with Gasteiger partial charge in [0.25, 0.3) is 5.91 Å². The quantitative estimate of drug-likeness (QED) is 0.889. The van der Waals surface area contributed by atoms with Crippen molar-refractivity contribution in [2.24, 2.45) is 0 Å². The zero-order valence-corrected chi connectivity index (χ0v) is 15.8. The lowest BCUT2D eigenvalue weighted by atomic mass is 10.1. The smallest absolute Gasteiger partial charge is 0.259 e. The van der Waals surface area contributed by atoms with Crippen LogP contribution in [0.15, 0.2) is 34.9 Å². The van der Waals surface area contributed by atoms with Crippen LogP contribution in [-0.2, 0) is 0 Å². The number of hydrogen-bond acceptors (Lipinski definition) is 5. The molecule has 3 heterocycles. The highest BCUT2D eigenvalue weighted by molar-refractivity contribution is 6.00. The van der Waals surface area contributed by atoms with Crippen LogP contribution in [0.4, 0.5) is 0 Å². The van der Waals surface area contributed by atoms with Crippen molar-refractivity contribution >= 4 is 18.3 Å². The number of carbonyl (C=O) groups is 1. The van der Waals surface area contributed by atoms with Gasteiger partial charge in [-0.05, 0) is 13.3 Å². The minimum atomic E-state index is 0. The largest absolute Gasteiger partial charge is 0.360 e. The molecule has 6 nitrogen and oxygen atoms in total. The van der Waals surface area contributed by atoms with E-state index in [0.717, 1.165) is 51.3 Å². The third kappa shape index (κ3) is 3.63. The topological polar surface area (TPSA) is 61.6 Å². The molecule has 140 valence electrons. The minimum Gasteiger partial charge on any atom is -0.360 e. The van der Waals surface area contributed by atoms with E-state index in [1.54, 1.807) is 0 Å². The standard InChI is InChI=1S/C19H24N4O2.ClH/c1-14-17(18(21-25-14)15-5-3-2-4-6-15)19(24)23-10-7-16(13-23)22-11-8-20-9-12-22;/h2-6,16,20H,7-13H2,1H3;1H. The Hall–Kier alpha value is -1.89. The maximum Gasteiger partial charge on any atom is 0.259 e. The Kier molecular flexibility index (Phi) is 5.96. The molecule has 0 spiro atoms. The lowest BCUT2D eigenvalue weighted by molar-refractivity contribution is 0.0772. The summed E-state index contributed by atoms with van der Waals surface area (Å²) in [5.41, 5.74) is 2.17. The lowest BCUT2D eigenvalue weighted by Crippen LogP contribution is -2.49. The SMILES string of the molecule is Cc1onc(-c2ccccc2)c1C(=O)N1CCC(N2CCNCC2)C1.Cl. The molecule has 7 heteroatoms. The van der Waals surface area contributed by atoms with Gasteiger partial charge in [0.15, 0.2) is 0 Å². The number of amides is 1. The summed E-state index contributed by atoms with van der Waals surface area (Å²) in [6.45, 7) is 7.60. The van der Waals surface area contributed by atoms with Crippen molar-refractivity contribution in [3.05, 3.63) is 41.7 Å². The first kappa shape index (κ1) is 18.9. The number of aryl methyl sites for hydroxylation is 1. The van der Waals surface area contributed by atoms with Gasteiger partial charge in [0.1, 0.15) is 17.0 Å². The molecule has 4 rings (SSSR count). The second kappa shape index (κ2) is 8.20. The second-order valence-corrected chi connectivity index (χ2v) is 6.81. The van der Waals surface area contributed by atoms with E-state index in [2.05, 4.69) is 15.4 Å². The summed E-state index contributed by atoms with van der Waals surface area (Å²) in [5, 5.41) is 7.53. The fraction of sp³-hybridized carbons (Fsp3) is 0.474. The summed E-state index contributed by atoms with van der Waals surface area (Å²) in [6.07, 6.45) is 1.04. The normalized spacial score (nSPS) is 20.8. The van der Waals surface area contributed by atoms with Crippen LogP contribution in [0.5, 0.6) is 0 Å². The van der Waals surface area contributed by atoms with E-state index in [0.29, 0.717) is 23.1 Å². The molecular weight excluding hydrogens is 352 g/mol. The van der Waals surface area contributed by atoms with Crippen molar-refractivity contribution in [3.63, 3.8) is 0 Å². The molecule has 0 radical (unpaired) electrons. The number of nitrogens with one attached hydrogen (secondary N) is 1. The zero-order chi connectivity index (χ0) is 17.2. The van der Waals surface area contributed by atoms with E-state index in [1.165, 1.54) is 0 Å². The first-order chi connectivity index (χ1) is 12.2. The first-order valence-electron chi connectivity index (χ1n) is 9.00. The van der Waals surface area contributed by atoms with E-state index < -0.39 is 0 Å². The van der Waals surface area contributed by atoms with Crippen molar-refractivity contribution < 1.29 is 9.32 Å². The predicted molar refractivity (Wildman–Crippen MR) is 103 cm³/mol. The molecule has 2 aliphatic heterocycles. The van der Waals surface area contributed by atoms with Crippen LogP contribution in [0.1, 0.15) is 22.5 Å². The average Bonchev–Trinajstić information content (AvgIpc) is 3.30. The number of rotatable bonds is 3. The molecule has 0 aliphatic carbocycles. The maximum absolute atomic E-state index is 13.1. The summed E-state index contributed by atoms with van der Waals surface area (Å²) >= 11 is 0. The lowest BCUT2D eigenvalue weighted by Gasteiger charge is -2.32. The molecule has 2 aliphatic rings. The number of likely N-dealkylation sites (tertiary alicyclic amines) is 1. The molecule has 1 amide bonds. The second-order valence-electron chi connectivity index (χ2n) is 6.81. The van der Waals surface area contributed by atoms with Gasteiger partial charge in [-0.15, -0.1) is 12.4 Å². The van der Waals surface area contributed by atoms with Gasteiger partial charge in [-0.25, -0.2) is 0 Å².